The molecule has 14 heteroatoms. The summed E-state index contributed by atoms with van der Waals surface area (Å²) < 4.78 is 48.6. The molecule has 12 nitrogen and oxygen atoms in total. The SMILES string of the molecule is C=C[C@@H]1C[C@@]12NC(=O)[C@@H]1CCCN1C(=O)[C@@H](NC(=O)OC1CCCC1)CCCCCCCNc1ccc(F)cc1S(=O)(=O)NC2=O. The maximum Gasteiger partial charge on any atom is 0.408 e. The van der Waals surface area contributed by atoms with Crippen LogP contribution in [0.15, 0.2) is 35.7 Å². The van der Waals surface area contributed by atoms with Crippen LogP contribution in [0.3, 0.4) is 0 Å². The Hall–Kier alpha value is -3.68. The van der Waals surface area contributed by atoms with Gasteiger partial charge in [0.15, 0.2) is 0 Å². The van der Waals surface area contributed by atoms with E-state index in [2.05, 4.69) is 22.5 Å². The first-order chi connectivity index (χ1) is 22.0. The largest absolute Gasteiger partial charge is 0.446 e. The molecule has 3 fully saturated rings. The summed E-state index contributed by atoms with van der Waals surface area (Å²) in [5, 5.41) is 8.54. The molecular formula is C32H44FN5O7S. The maximum absolute atomic E-state index is 14.2. The van der Waals surface area contributed by atoms with Gasteiger partial charge in [-0.1, -0.05) is 31.8 Å². The van der Waals surface area contributed by atoms with Crippen LogP contribution in [0, 0.1) is 11.7 Å². The molecule has 0 radical (unpaired) electrons. The fourth-order valence-electron chi connectivity index (χ4n) is 6.79. The van der Waals surface area contributed by atoms with Crippen molar-refractivity contribution in [2.24, 2.45) is 5.92 Å². The predicted molar refractivity (Wildman–Crippen MR) is 167 cm³/mol. The molecule has 5 rings (SSSR count). The molecule has 1 saturated heterocycles. The van der Waals surface area contributed by atoms with Gasteiger partial charge < -0.3 is 25.6 Å². The highest BCUT2D eigenvalue weighted by atomic mass is 32.2. The van der Waals surface area contributed by atoms with Gasteiger partial charge in [-0.3, -0.25) is 14.4 Å². The summed E-state index contributed by atoms with van der Waals surface area (Å²) >= 11 is 0. The molecule has 2 aliphatic heterocycles. The molecule has 4 N–H and O–H groups in total. The number of amides is 4. The molecule has 4 amide bonds. The molecule has 4 aliphatic rings. The van der Waals surface area contributed by atoms with Crippen molar-refractivity contribution in [2.75, 3.05) is 18.4 Å². The number of halogens is 1. The van der Waals surface area contributed by atoms with E-state index in [0.29, 0.717) is 45.2 Å². The summed E-state index contributed by atoms with van der Waals surface area (Å²) in [5.41, 5.74) is -1.45. The Morgan fingerprint density at radius 2 is 1.74 bits per heavy atom. The van der Waals surface area contributed by atoms with E-state index in [1.807, 2.05) is 4.72 Å². The minimum Gasteiger partial charge on any atom is -0.446 e. The molecule has 0 bridgehead atoms. The highest BCUT2D eigenvalue weighted by Gasteiger charge is 2.61. The number of nitrogens with zero attached hydrogens (tertiary/aromatic N) is 1. The first-order valence-corrected chi connectivity index (χ1v) is 17.9. The van der Waals surface area contributed by atoms with E-state index in [-0.39, 0.29) is 18.2 Å². The molecule has 0 unspecified atom stereocenters. The lowest BCUT2D eigenvalue weighted by atomic mass is 10.0. The highest BCUT2D eigenvalue weighted by molar-refractivity contribution is 7.90. The maximum atomic E-state index is 14.2. The van der Waals surface area contributed by atoms with Gasteiger partial charge in [-0.15, -0.1) is 6.58 Å². The van der Waals surface area contributed by atoms with Crippen molar-refractivity contribution in [3.63, 3.8) is 0 Å². The second kappa shape index (κ2) is 14.4. The summed E-state index contributed by atoms with van der Waals surface area (Å²) in [6, 6.07) is 1.51. The fourth-order valence-corrected chi connectivity index (χ4v) is 8.02. The normalized spacial score (nSPS) is 29.5. The van der Waals surface area contributed by atoms with E-state index in [0.717, 1.165) is 57.1 Å². The van der Waals surface area contributed by atoms with Crippen molar-refractivity contribution in [3.05, 3.63) is 36.7 Å². The number of carbonyl (C=O) groups excluding carboxylic acids is 4. The van der Waals surface area contributed by atoms with Crippen LogP contribution in [0.25, 0.3) is 0 Å². The smallest absolute Gasteiger partial charge is 0.408 e. The average Bonchev–Trinajstić information content (AvgIpc) is 3.32. The van der Waals surface area contributed by atoms with E-state index in [1.54, 1.807) is 0 Å². The number of anilines is 1. The fraction of sp³-hybridized carbons (Fsp3) is 0.625. The van der Waals surface area contributed by atoms with Gasteiger partial charge in [0.2, 0.25) is 11.8 Å². The third-order valence-electron chi connectivity index (χ3n) is 9.50. The monoisotopic (exact) mass is 661 g/mol. The van der Waals surface area contributed by atoms with Crippen LogP contribution in [-0.4, -0.2) is 73.9 Å². The van der Waals surface area contributed by atoms with Gasteiger partial charge in [-0.05, 0) is 76.0 Å². The first-order valence-electron chi connectivity index (χ1n) is 16.4. The number of nitrogens with one attached hydrogen (secondary N) is 4. The van der Waals surface area contributed by atoms with E-state index in [1.165, 1.54) is 17.0 Å². The zero-order chi connectivity index (χ0) is 32.9. The van der Waals surface area contributed by atoms with Gasteiger partial charge in [0, 0.05) is 19.0 Å². The van der Waals surface area contributed by atoms with Crippen molar-refractivity contribution in [1.82, 2.24) is 20.3 Å². The summed E-state index contributed by atoms with van der Waals surface area (Å²) in [7, 11) is -4.54. The zero-order valence-electron chi connectivity index (χ0n) is 26.0. The molecule has 1 aromatic carbocycles. The molecule has 2 saturated carbocycles. The van der Waals surface area contributed by atoms with Gasteiger partial charge in [-0.2, -0.15) is 0 Å². The number of fused-ring (bicyclic) bond motifs is 2. The predicted octanol–water partition coefficient (Wildman–Crippen LogP) is 3.49. The van der Waals surface area contributed by atoms with Crippen LogP contribution >= 0.6 is 0 Å². The van der Waals surface area contributed by atoms with E-state index < -0.39 is 68.1 Å². The number of sulfonamides is 1. The van der Waals surface area contributed by atoms with Gasteiger partial charge in [-0.25, -0.2) is 22.3 Å². The second-order valence-corrected chi connectivity index (χ2v) is 14.4. The molecule has 1 spiro atoms. The Labute approximate surface area is 269 Å². The average molecular weight is 662 g/mol. The molecule has 252 valence electrons. The third kappa shape index (κ3) is 7.64. The van der Waals surface area contributed by atoms with Crippen molar-refractivity contribution in [3.8, 4) is 0 Å². The summed E-state index contributed by atoms with van der Waals surface area (Å²) in [6.07, 6.45) is 9.36. The lowest BCUT2D eigenvalue weighted by Gasteiger charge is -2.30. The zero-order valence-corrected chi connectivity index (χ0v) is 26.8. The Morgan fingerprint density at radius 1 is 1.02 bits per heavy atom. The van der Waals surface area contributed by atoms with Crippen LogP contribution in [-0.2, 0) is 29.1 Å². The van der Waals surface area contributed by atoms with Crippen molar-refractivity contribution in [2.45, 2.75) is 112 Å². The van der Waals surface area contributed by atoms with Crippen LogP contribution in [0.4, 0.5) is 14.9 Å². The van der Waals surface area contributed by atoms with Crippen molar-refractivity contribution < 1.29 is 36.7 Å². The molecule has 2 heterocycles. The molecular weight excluding hydrogens is 617 g/mol. The van der Waals surface area contributed by atoms with Crippen LogP contribution in [0.2, 0.25) is 0 Å². The number of benzene rings is 1. The van der Waals surface area contributed by atoms with Gasteiger partial charge >= 0.3 is 6.09 Å². The van der Waals surface area contributed by atoms with Crippen LogP contribution in [0.1, 0.15) is 83.5 Å². The summed E-state index contributed by atoms with van der Waals surface area (Å²) in [5.74, 6) is -3.30. The Bertz CT molecular complexity index is 1450. The van der Waals surface area contributed by atoms with Crippen molar-refractivity contribution >= 4 is 39.5 Å². The number of hydrogen-bond donors (Lipinski definition) is 4. The lowest BCUT2D eigenvalue weighted by molar-refractivity contribution is -0.141. The number of alkyl carbamates (subject to hydrolysis) is 1. The van der Waals surface area contributed by atoms with Crippen LogP contribution in [0.5, 0.6) is 0 Å². The highest BCUT2D eigenvalue weighted by Crippen LogP contribution is 2.45. The second-order valence-electron chi connectivity index (χ2n) is 12.8. The van der Waals surface area contributed by atoms with Crippen LogP contribution < -0.4 is 20.7 Å². The van der Waals surface area contributed by atoms with E-state index >= 15 is 0 Å². The molecule has 2 aliphatic carbocycles. The summed E-state index contributed by atoms with van der Waals surface area (Å²) in [4.78, 5) is 55.0. The van der Waals surface area contributed by atoms with Crippen molar-refractivity contribution in [1.29, 1.82) is 0 Å². The number of carbonyl (C=O) groups is 4. The van der Waals surface area contributed by atoms with E-state index in [4.69, 9.17) is 4.74 Å². The number of rotatable bonds is 3. The topological polar surface area (TPSA) is 163 Å². The Kier molecular flexibility index (Phi) is 10.5. The molecule has 46 heavy (non-hydrogen) atoms. The first kappa shape index (κ1) is 33.7. The van der Waals surface area contributed by atoms with Gasteiger partial charge in [0.25, 0.3) is 15.9 Å². The number of ether oxygens (including phenoxy) is 1. The molecule has 1 aromatic rings. The van der Waals surface area contributed by atoms with Gasteiger partial charge in [0.1, 0.15) is 34.4 Å². The molecule has 4 atom stereocenters. The minimum atomic E-state index is -4.54. The molecule has 0 aromatic heterocycles. The Morgan fingerprint density at radius 3 is 2.48 bits per heavy atom. The Balaban J connectivity index is 1.38. The van der Waals surface area contributed by atoms with E-state index in [9.17, 15) is 32.0 Å². The van der Waals surface area contributed by atoms with Gasteiger partial charge in [0.05, 0.1) is 5.69 Å². The third-order valence-corrected chi connectivity index (χ3v) is 10.9. The summed E-state index contributed by atoms with van der Waals surface area (Å²) in [6.45, 7) is 4.43. The standard InChI is InChI=1S/C32H44FN5O7S/c1-2-21-20-32(21)30(41)37-46(43,44)27-19-22(33)15-16-24(27)34-17-9-5-3-4-6-13-25(35-31(42)45-23-11-7-8-12-23)29(40)38-18-10-14-26(38)28(39)36-32/h2,15-16,19,21,23,25-26,34H,1,3-14,17-18,20H2,(H,35,42)(H,36,39)(H,37,41)/t21-,25+,26+,32-/m1/s1. The number of hydrogen-bond acceptors (Lipinski definition) is 8. The minimum absolute atomic E-state index is 0.107. The lowest BCUT2D eigenvalue weighted by Crippen LogP contribution is -2.58. The quantitative estimate of drug-likeness (QED) is 0.358.